The van der Waals surface area contributed by atoms with E-state index in [1.165, 1.54) is 0 Å². The fourth-order valence-corrected chi connectivity index (χ4v) is 1.85. The van der Waals surface area contributed by atoms with Crippen molar-refractivity contribution in [2.45, 2.75) is 13.2 Å². The zero-order chi connectivity index (χ0) is 9.54. The van der Waals surface area contributed by atoms with Crippen molar-refractivity contribution in [2.24, 2.45) is 0 Å². The van der Waals surface area contributed by atoms with Gasteiger partial charge in [0.25, 0.3) is 0 Å². The summed E-state index contributed by atoms with van der Waals surface area (Å²) in [5.74, 6) is 1.20. The van der Waals surface area contributed by atoms with Crippen LogP contribution in [-0.2, 0) is 17.9 Å². The molecule has 14 heavy (non-hydrogen) atoms. The molecule has 0 spiro atoms. The van der Waals surface area contributed by atoms with Crippen LogP contribution in [0.15, 0.2) is 18.2 Å². The molecule has 0 amide bonds. The number of fused-ring (bicyclic) bond motifs is 3. The molecule has 1 aromatic heterocycles. The van der Waals surface area contributed by atoms with E-state index in [0.29, 0.717) is 6.61 Å². The van der Waals surface area contributed by atoms with Gasteiger partial charge in [0, 0.05) is 12.6 Å². The Labute approximate surface area is 80.7 Å². The summed E-state index contributed by atoms with van der Waals surface area (Å²) in [5.41, 5.74) is 1.91. The van der Waals surface area contributed by atoms with Gasteiger partial charge in [0.2, 0.25) is 0 Å². The molecular weight excluding hydrogens is 180 g/mol. The highest BCUT2D eigenvalue weighted by Crippen LogP contribution is 2.22. The lowest BCUT2D eigenvalue weighted by Crippen LogP contribution is -2.16. The quantitative estimate of drug-likeness (QED) is 0.680. The smallest absolute Gasteiger partial charge is 0.136 e. The van der Waals surface area contributed by atoms with Gasteiger partial charge in [-0.1, -0.05) is 0 Å². The normalized spacial score (nSPS) is 15.7. The lowest BCUT2D eigenvalue weighted by atomic mass is 10.3. The molecule has 1 aliphatic rings. The van der Waals surface area contributed by atoms with Crippen molar-refractivity contribution < 1.29 is 9.84 Å². The third kappa shape index (κ3) is 1.01. The third-order valence-electron chi connectivity index (χ3n) is 2.50. The predicted molar refractivity (Wildman–Crippen MR) is 51.1 cm³/mol. The molecule has 0 atom stereocenters. The molecule has 0 bridgehead atoms. The Morgan fingerprint density at radius 3 is 3.29 bits per heavy atom. The van der Waals surface area contributed by atoms with Gasteiger partial charge in [0.15, 0.2) is 0 Å². The van der Waals surface area contributed by atoms with Crippen LogP contribution < -0.4 is 0 Å². The third-order valence-corrected chi connectivity index (χ3v) is 2.50. The van der Waals surface area contributed by atoms with Crippen molar-refractivity contribution in [2.75, 3.05) is 6.61 Å². The van der Waals surface area contributed by atoms with Crippen molar-refractivity contribution in [3.8, 4) is 5.75 Å². The number of aromatic nitrogens is 2. The molecule has 1 N–H and O–H groups in total. The fraction of sp³-hybridized carbons (Fsp3) is 0.300. The van der Waals surface area contributed by atoms with Gasteiger partial charge in [-0.2, -0.15) is 0 Å². The Balaban J connectivity index is 2.31. The molecule has 2 heterocycles. The van der Waals surface area contributed by atoms with Crippen LogP contribution in [0.3, 0.4) is 0 Å². The number of ether oxygens (including phenoxy) is 1. The first kappa shape index (κ1) is 7.82. The van der Waals surface area contributed by atoms with Gasteiger partial charge in [0.1, 0.15) is 18.2 Å². The SMILES string of the molecule is Oc1ccc2c(c1)nc1n2CCOC1. The van der Waals surface area contributed by atoms with Gasteiger partial charge in [0.05, 0.1) is 17.6 Å². The zero-order valence-electron chi connectivity index (χ0n) is 7.60. The second kappa shape index (κ2) is 2.72. The van der Waals surface area contributed by atoms with E-state index < -0.39 is 0 Å². The summed E-state index contributed by atoms with van der Waals surface area (Å²) in [7, 11) is 0. The molecule has 4 nitrogen and oxygen atoms in total. The molecule has 0 radical (unpaired) electrons. The molecule has 3 rings (SSSR count). The molecule has 0 saturated carbocycles. The van der Waals surface area contributed by atoms with E-state index in [0.717, 1.165) is 30.0 Å². The number of aromatic hydroxyl groups is 1. The Kier molecular flexibility index (Phi) is 1.52. The highest BCUT2D eigenvalue weighted by Gasteiger charge is 2.14. The average Bonchev–Trinajstić information content (AvgIpc) is 2.54. The molecule has 4 heteroatoms. The molecule has 1 aliphatic heterocycles. The van der Waals surface area contributed by atoms with E-state index in [9.17, 15) is 5.11 Å². The van der Waals surface area contributed by atoms with Crippen molar-refractivity contribution in [1.29, 1.82) is 0 Å². The molecular formula is C10H10N2O2. The first-order chi connectivity index (χ1) is 6.84. The van der Waals surface area contributed by atoms with Gasteiger partial charge in [-0.05, 0) is 12.1 Å². The van der Waals surface area contributed by atoms with Gasteiger partial charge in [-0.3, -0.25) is 0 Å². The Morgan fingerprint density at radius 2 is 2.36 bits per heavy atom. The average molecular weight is 190 g/mol. The highest BCUT2D eigenvalue weighted by atomic mass is 16.5. The number of benzene rings is 1. The molecule has 2 aromatic rings. The van der Waals surface area contributed by atoms with Crippen LogP contribution in [0.4, 0.5) is 0 Å². The number of imidazole rings is 1. The standard InChI is InChI=1S/C10H10N2O2/c13-7-1-2-9-8(5-7)11-10-6-14-4-3-12(9)10/h1-2,5,13H,3-4,6H2. The summed E-state index contributed by atoms with van der Waals surface area (Å²) in [4.78, 5) is 4.39. The topological polar surface area (TPSA) is 47.3 Å². The van der Waals surface area contributed by atoms with Crippen molar-refractivity contribution in [1.82, 2.24) is 9.55 Å². The van der Waals surface area contributed by atoms with Crippen LogP contribution in [0.2, 0.25) is 0 Å². The maximum atomic E-state index is 9.31. The molecule has 0 saturated heterocycles. The number of phenolic OH excluding ortho intramolecular Hbond substituents is 1. The first-order valence-corrected chi connectivity index (χ1v) is 4.60. The minimum atomic E-state index is 0.258. The summed E-state index contributed by atoms with van der Waals surface area (Å²) < 4.78 is 7.45. The Hall–Kier alpha value is -1.55. The maximum Gasteiger partial charge on any atom is 0.136 e. The van der Waals surface area contributed by atoms with E-state index in [2.05, 4.69) is 9.55 Å². The van der Waals surface area contributed by atoms with E-state index in [4.69, 9.17) is 4.74 Å². The zero-order valence-corrected chi connectivity index (χ0v) is 7.60. The minimum Gasteiger partial charge on any atom is -0.508 e. The van der Waals surface area contributed by atoms with Crippen LogP contribution in [0, 0.1) is 0 Å². The summed E-state index contributed by atoms with van der Waals surface area (Å²) in [6, 6.07) is 5.26. The summed E-state index contributed by atoms with van der Waals surface area (Å²) in [5, 5.41) is 9.31. The van der Waals surface area contributed by atoms with Crippen molar-refractivity contribution >= 4 is 11.0 Å². The second-order valence-corrected chi connectivity index (χ2v) is 3.41. The summed E-state index contributed by atoms with van der Waals surface area (Å²) in [6.45, 7) is 2.14. The summed E-state index contributed by atoms with van der Waals surface area (Å²) in [6.07, 6.45) is 0. The lowest BCUT2D eigenvalue weighted by Gasteiger charge is -2.14. The molecule has 0 unspecified atom stereocenters. The Morgan fingerprint density at radius 1 is 1.43 bits per heavy atom. The molecule has 72 valence electrons. The second-order valence-electron chi connectivity index (χ2n) is 3.41. The van der Waals surface area contributed by atoms with Gasteiger partial charge in [-0.15, -0.1) is 0 Å². The largest absolute Gasteiger partial charge is 0.508 e. The lowest BCUT2D eigenvalue weighted by molar-refractivity contribution is 0.0830. The van der Waals surface area contributed by atoms with Crippen LogP contribution >= 0.6 is 0 Å². The number of hydrogen-bond donors (Lipinski definition) is 1. The van der Waals surface area contributed by atoms with Gasteiger partial charge < -0.3 is 14.4 Å². The number of rotatable bonds is 0. The van der Waals surface area contributed by atoms with Crippen LogP contribution in [0.5, 0.6) is 5.75 Å². The monoisotopic (exact) mass is 190 g/mol. The molecule has 0 fully saturated rings. The van der Waals surface area contributed by atoms with Crippen LogP contribution in [-0.4, -0.2) is 21.3 Å². The van der Waals surface area contributed by atoms with E-state index in [-0.39, 0.29) is 5.75 Å². The predicted octanol–water partition coefficient (Wildman–Crippen LogP) is 1.27. The molecule has 0 aliphatic carbocycles. The maximum absolute atomic E-state index is 9.31. The number of phenols is 1. The minimum absolute atomic E-state index is 0.258. The van der Waals surface area contributed by atoms with Crippen LogP contribution in [0.1, 0.15) is 5.82 Å². The van der Waals surface area contributed by atoms with Gasteiger partial charge >= 0.3 is 0 Å². The molecule has 1 aromatic carbocycles. The number of hydrogen-bond acceptors (Lipinski definition) is 3. The van der Waals surface area contributed by atoms with E-state index >= 15 is 0 Å². The van der Waals surface area contributed by atoms with Crippen LogP contribution in [0.25, 0.3) is 11.0 Å². The highest BCUT2D eigenvalue weighted by molar-refractivity contribution is 5.77. The van der Waals surface area contributed by atoms with Gasteiger partial charge in [-0.25, -0.2) is 4.98 Å². The van der Waals surface area contributed by atoms with E-state index in [1.807, 2.05) is 6.07 Å². The Bertz CT molecular complexity index is 490. The summed E-state index contributed by atoms with van der Waals surface area (Å²) >= 11 is 0. The first-order valence-electron chi connectivity index (χ1n) is 4.60. The number of nitrogens with zero attached hydrogens (tertiary/aromatic N) is 2. The van der Waals surface area contributed by atoms with Crippen molar-refractivity contribution in [3.63, 3.8) is 0 Å². The van der Waals surface area contributed by atoms with E-state index in [1.54, 1.807) is 12.1 Å². The van der Waals surface area contributed by atoms with Crippen molar-refractivity contribution in [3.05, 3.63) is 24.0 Å². The fourth-order valence-electron chi connectivity index (χ4n) is 1.85.